The topological polar surface area (TPSA) is 52.8 Å². The van der Waals surface area contributed by atoms with Crippen molar-refractivity contribution < 1.29 is 53.8 Å². The fourth-order valence-electron chi connectivity index (χ4n) is 4.05. The fraction of sp³-hybridized carbons (Fsp3) is 0. The second kappa shape index (κ2) is 10.2. The number of hydrogen-bond donors (Lipinski definition) is 0. The molecule has 4 aromatic heterocycles. The van der Waals surface area contributed by atoms with E-state index in [0.29, 0.717) is 0 Å². The van der Waals surface area contributed by atoms with Crippen molar-refractivity contribution in [3.05, 3.63) is 103 Å². The predicted octanol–water partition coefficient (Wildman–Crippen LogP) is 6.13. The third-order valence-corrected chi connectivity index (χ3v) is 5.48. The molecule has 1 radical (unpaired) electrons. The van der Waals surface area contributed by atoms with Crippen molar-refractivity contribution >= 4 is 21.8 Å². The van der Waals surface area contributed by atoms with E-state index in [1.165, 1.54) is 0 Å². The Balaban J connectivity index is 0.00000130. The summed E-state index contributed by atoms with van der Waals surface area (Å²) in [4.78, 5) is 19.0. The van der Waals surface area contributed by atoms with Gasteiger partial charge in [-0.25, -0.2) is 4.98 Å². The minimum absolute atomic E-state index is 0. The van der Waals surface area contributed by atoms with Gasteiger partial charge in [-0.05, 0) is 58.3 Å². The molecule has 4 heterocycles. The van der Waals surface area contributed by atoms with Crippen molar-refractivity contribution in [3.63, 3.8) is 0 Å². The van der Waals surface area contributed by atoms with E-state index in [-0.39, 0.29) is 53.8 Å². The molecule has 0 fully saturated rings. The Morgan fingerprint density at radius 1 is 0.485 bits per heavy atom. The molecule has 6 aromatic rings. The van der Waals surface area contributed by atoms with Gasteiger partial charge in [0, 0.05) is 66.2 Å². The zero-order valence-corrected chi connectivity index (χ0v) is 22.6. The number of pyridine rings is 3. The molecule has 0 amide bonds. The second-order valence-corrected chi connectivity index (χ2v) is 7.35. The molecule has 0 N–H and O–H groups in total. The Kier molecular flexibility index (Phi) is 7.29. The number of fused-ring (bicyclic) bond motifs is 3. The molecule has 0 saturated heterocycles. The van der Waals surface area contributed by atoms with Crippen LogP contribution in [0.5, 0.6) is 0 Å². The largest absolute Gasteiger partial charge is 0.656 e. The average Bonchev–Trinajstić information content (AvgIpc) is 3.24. The molecule has 6 rings (SSSR count). The van der Waals surface area contributed by atoms with Crippen LogP contribution in [-0.4, -0.2) is 15.0 Å². The summed E-state index contributed by atoms with van der Waals surface area (Å²) in [5.74, 6) is 0. The number of aromatic nitrogens is 4. The zero-order chi connectivity index (χ0) is 20.6. The molecule has 0 aliphatic carbocycles. The minimum atomic E-state index is 0. The Morgan fingerprint density at radius 2 is 1.00 bits per heavy atom. The van der Waals surface area contributed by atoms with E-state index >= 15 is 0 Å². The first-order valence-corrected chi connectivity index (χ1v) is 10.2. The van der Waals surface area contributed by atoms with Crippen LogP contribution < -0.4 is 4.98 Å². The van der Waals surface area contributed by atoms with Gasteiger partial charge in [0.05, 0.1) is 22.8 Å². The van der Waals surface area contributed by atoms with Gasteiger partial charge in [0.25, 0.3) is 0 Å². The van der Waals surface area contributed by atoms with Gasteiger partial charge in [-0.1, -0.05) is 54.6 Å². The Morgan fingerprint density at radius 3 is 1.61 bits per heavy atom. The first-order valence-electron chi connectivity index (χ1n) is 10.2. The van der Waals surface area contributed by atoms with Gasteiger partial charge in [-0.2, -0.15) is 0 Å². The fourth-order valence-corrected chi connectivity index (χ4v) is 4.05. The molecular weight excluding hydrogens is 664 g/mol. The van der Waals surface area contributed by atoms with Gasteiger partial charge in [-0.15, -0.1) is 11.0 Å². The molecule has 0 spiro atoms. The minimum Gasteiger partial charge on any atom is -0.656 e. The van der Waals surface area contributed by atoms with Crippen LogP contribution in [0.15, 0.2) is 103 Å². The molecule has 0 unspecified atom stereocenters. The third-order valence-electron chi connectivity index (χ3n) is 5.48. The van der Waals surface area contributed by atoms with Crippen LogP contribution in [0, 0.1) is 0 Å². The molecule has 0 saturated carbocycles. The van der Waals surface area contributed by atoms with Crippen molar-refractivity contribution in [2.24, 2.45) is 0 Å². The van der Waals surface area contributed by atoms with Crippen LogP contribution >= 0.6 is 0 Å². The number of hydrogen-bond acceptors (Lipinski definition) is 3. The number of rotatable bonds is 3. The van der Waals surface area contributed by atoms with E-state index in [0.717, 1.165) is 55.7 Å². The van der Waals surface area contributed by atoms with E-state index in [2.05, 4.69) is 46.4 Å². The van der Waals surface area contributed by atoms with Crippen LogP contribution in [0.3, 0.4) is 0 Å². The second-order valence-electron chi connectivity index (χ2n) is 7.35. The van der Waals surface area contributed by atoms with Crippen LogP contribution in [0.25, 0.3) is 55.7 Å². The standard InChI is InChI=1S/C27H17N4.Pt.Y/c1-3-16-28-22(12-1)20-10-5-8-18-19-9-6-11-21(27(19)31-26(18)20)23-14-7-15-25(30-23)24-13-2-4-17-29-24;;/h1-17H;;/q-1;;. The maximum atomic E-state index is 5.07. The first-order chi connectivity index (χ1) is 15.4. The Bertz CT molecular complexity index is 1530. The van der Waals surface area contributed by atoms with Gasteiger partial charge >= 0.3 is 0 Å². The normalized spacial score (nSPS) is 10.5. The van der Waals surface area contributed by atoms with Gasteiger partial charge in [0.2, 0.25) is 0 Å². The smallest absolute Gasteiger partial charge is 0.0893 e. The summed E-state index contributed by atoms with van der Waals surface area (Å²) in [6.45, 7) is 0. The summed E-state index contributed by atoms with van der Waals surface area (Å²) in [6, 6.07) is 30.4. The first kappa shape index (κ1) is 23.6. The van der Waals surface area contributed by atoms with Crippen molar-refractivity contribution in [1.82, 2.24) is 19.9 Å². The number of para-hydroxylation sites is 2. The molecular formula is C27H17N4PtY-. The van der Waals surface area contributed by atoms with Crippen molar-refractivity contribution in [2.75, 3.05) is 0 Å². The quantitative estimate of drug-likeness (QED) is 0.226. The van der Waals surface area contributed by atoms with Gasteiger partial charge in [0.15, 0.2) is 0 Å². The van der Waals surface area contributed by atoms with Crippen LogP contribution in [-0.2, 0) is 53.8 Å². The van der Waals surface area contributed by atoms with E-state index < -0.39 is 0 Å². The Hall–Kier alpha value is -2.52. The van der Waals surface area contributed by atoms with E-state index in [1.807, 2.05) is 60.8 Å². The summed E-state index contributed by atoms with van der Waals surface area (Å²) in [5, 5.41) is 2.25. The Labute approximate surface area is 231 Å². The maximum absolute atomic E-state index is 5.07. The zero-order valence-electron chi connectivity index (χ0n) is 17.5. The van der Waals surface area contributed by atoms with Crippen molar-refractivity contribution in [3.8, 4) is 33.9 Å². The predicted molar refractivity (Wildman–Crippen MR) is 124 cm³/mol. The van der Waals surface area contributed by atoms with Crippen LogP contribution in [0.1, 0.15) is 0 Å². The summed E-state index contributed by atoms with van der Waals surface area (Å²) in [5.41, 5.74) is 7.48. The average molecular weight is 681 g/mol. The molecule has 4 nitrogen and oxygen atoms in total. The molecule has 6 heteroatoms. The molecule has 2 aromatic carbocycles. The molecule has 0 aliphatic rings. The monoisotopic (exact) mass is 681 g/mol. The molecule has 0 aliphatic heterocycles. The number of nitrogens with zero attached hydrogens (tertiary/aromatic N) is 4. The molecule has 0 bridgehead atoms. The number of benzene rings is 2. The van der Waals surface area contributed by atoms with Gasteiger partial charge in [0.1, 0.15) is 0 Å². The summed E-state index contributed by atoms with van der Waals surface area (Å²) in [7, 11) is 0. The van der Waals surface area contributed by atoms with Gasteiger partial charge in [-0.3, -0.25) is 9.97 Å². The molecule has 33 heavy (non-hydrogen) atoms. The van der Waals surface area contributed by atoms with Crippen LogP contribution in [0.4, 0.5) is 0 Å². The van der Waals surface area contributed by atoms with Gasteiger partial charge < -0.3 is 4.98 Å². The summed E-state index contributed by atoms with van der Waals surface area (Å²) < 4.78 is 0. The summed E-state index contributed by atoms with van der Waals surface area (Å²) >= 11 is 0. The van der Waals surface area contributed by atoms with Crippen LogP contribution in [0.2, 0.25) is 0 Å². The van der Waals surface area contributed by atoms with E-state index in [4.69, 9.17) is 9.97 Å². The molecule has 0 atom stereocenters. The van der Waals surface area contributed by atoms with E-state index in [9.17, 15) is 0 Å². The summed E-state index contributed by atoms with van der Waals surface area (Å²) in [6.07, 6.45) is 3.60. The maximum Gasteiger partial charge on any atom is 0.0893 e. The van der Waals surface area contributed by atoms with E-state index in [1.54, 1.807) is 6.20 Å². The SMILES string of the molecule is [Pt].[Y].c1ccc(-c2cccc(-c3cccc4c3[n-]c3c(-c5ccccn5)cccc34)n2)nc1. The molecule has 159 valence electrons. The van der Waals surface area contributed by atoms with Crippen molar-refractivity contribution in [2.45, 2.75) is 0 Å². The third kappa shape index (κ3) is 4.36. The van der Waals surface area contributed by atoms with Crippen molar-refractivity contribution in [1.29, 1.82) is 0 Å².